The maximum atomic E-state index is 12.8. The molecule has 2 aromatic carbocycles. The number of nitrogens with one attached hydrogen (secondary N) is 1. The van der Waals surface area contributed by atoms with Gasteiger partial charge in [0.25, 0.3) is 5.91 Å². The van der Waals surface area contributed by atoms with Gasteiger partial charge >= 0.3 is 0 Å². The molecular formula is C22H29NO3. The third-order valence-corrected chi connectivity index (χ3v) is 4.21. The monoisotopic (exact) mass is 355 g/mol. The van der Waals surface area contributed by atoms with Crippen LogP contribution in [0.25, 0.3) is 0 Å². The highest BCUT2D eigenvalue weighted by molar-refractivity contribution is 5.81. The van der Waals surface area contributed by atoms with Gasteiger partial charge in [-0.2, -0.15) is 0 Å². The molecule has 0 unspecified atom stereocenters. The van der Waals surface area contributed by atoms with E-state index in [9.17, 15) is 4.79 Å². The largest absolute Gasteiger partial charge is 0.497 e. The number of benzene rings is 2. The number of hydrogen-bond acceptors (Lipinski definition) is 3. The molecule has 0 saturated carbocycles. The van der Waals surface area contributed by atoms with Crippen molar-refractivity contribution in [3.05, 3.63) is 60.2 Å². The average Bonchev–Trinajstić information content (AvgIpc) is 2.66. The van der Waals surface area contributed by atoms with Gasteiger partial charge in [-0.3, -0.25) is 4.79 Å². The Bertz CT molecular complexity index is 685. The number of amides is 1. The molecule has 2 rings (SSSR count). The Morgan fingerprint density at radius 2 is 1.73 bits per heavy atom. The Hall–Kier alpha value is -2.49. The van der Waals surface area contributed by atoms with Gasteiger partial charge in [0.2, 0.25) is 0 Å². The van der Waals surface area contributed by atoms with Crippen LogP contribution in [0.2, 0.25) is 0 Å². The zero-order valence-electron chi connectivity index (χ0n) is 16.1. The summed E-state index contributed by atoms with van der Waals surface area (Å²) in [5.41, 5.74) is 1.12. The number of hydrogen-bond donors (Lipinski definition) is 1. The van der Waals surface area contributed by atoms with Crippen LogP contribution in [-0.4, -0.2) is 19.1 Å². The Morgan fingerprint density at radius 3 is 2.35 bits per heavy atom. The number of carbonyl (C=O) groups is 1. The normalized spacial score (nSPS) is 13.1. The first-order valence-corrected chi connectivity index (χ1v) is 9.19. The van der Waals surface area contributed by atoms with Crippen molar-refractivity contribution in [1.82, 2.24) is 5.32 Å². The maximum absolute atomic E-state index is 12.8. The van der Waals surface area contributed by atoms with E-state index in [-0.39, 0.29) is 11.9 Å². The highest BCUT2D eigenvalue weighted by atomic mass is 16.5. The molecule has 0 heterocycles. The highest BCUT2D eigenvalue weighted by Crippen LogP contribution is 2.23. The lowest BCUT2D eigenvalue weighted by atomic mass is 9.96. The van der Waals surface area contributed by atoms with Crippen LogP contribution >= 0.6 is 0 Å². The quantitative estimate of drug-likeness (QED) is 0.706. The molecule has 4 heteroatoms. The molecule has 0 saturated heterocycles. The summed E-state index contributed by atoms with van der Waals surface area (Å²) >= 11 is 0. The van der Waals surface area contributed by atoms with Crippen molar-refractivity contribution >= 4 is 5.91 Å². The first-order valence-electron chi connectivity index (χ1n) is 9.19. The summed E-state index contributed by atoms with van der Waals surface area (Å²) in [5.74, 6) is 1.72. The van der Waals surface area contributed by atoms with Gasteiger partial charge in [-0.25, -0.2) is 0 Å². The van der Waals surface area contributed by atoms with Crippen LogP contribution < -0.4 is 14.8 Å². The second-order valence-electron chi connectivity index (χ2n) is 6.80. The molecule has 0 aliphatic heterocycles. The zero-order chi connectivity index (χ0) is 18.9. The van der Waals surface area contributed by atoms with Gasteiger partial charge < -0.3 is 14.8 Å². The van der Waals surface area contributed by atoms with E-state index in [0.29, 0.717) is 23.8 Å². The highest BCUT2D eigenvalue weighted by Gasteiger charge is 2.23. The number of methoxy groups -OCH3 is 1. The van der Waals surface area contributed by atoms with Crippen LogP contribution in [0, 0.1) is 5.92 Å². The smallest absolute Gasteiger partial charge is 0.261 e. The summed E-state index contributed by atoms with van der Waals surface area (Å²) in [7, 11) is 1.61. The third-order valence-electron chi connectivity index (χ3n) is 4.21. The van der Waals surface area contributed by atoms with Gasteiger partial charge in [-0.05, 0) is 36.5 Å². The molecule has 0 bridgehead atoms. The van der Waals surface area contributed by atoms with E-state index in [1.807, 2.05) is 43.3 Å². The van der Waals surface area contributed by atoms with Crippen molar-refractivity contribution < 1.29 is 14.3 Å². The molecule has 140 valence electrons. The first-order chi connectivity index (χ1) is 12.5. The summed E-state index contributed by atoms with van der Waals surface area (Å²) in [6.07, 6.45) is 0.929. The molecule has 2 atom stereocenters. The molecule has 0 aromatic heterocycles. The first kappa shape index (κ1) is 19.8. The topological polar surface area (TPSA) is 47.6 Å². The summed E-state index contributed by atoms with van der Waals surface area (Å²) in [5, 5.41) is 3.17. The standard InChI is InChI=1S/C22H29NO3/c1-5-21(26-19-13-9-12-18(15-19)25-4)22(24)23-20(14-16(2)3)17-10-7-6-8-11-17/h6-13,15-16,20-21H,5,14H2,1-4H3,(H,23,24)/t20-,21+/m0/s1. The van der Waals surface area contributed by atoms with Crippen LogP contribution in [0.4, 0.5) is 0 Å². The van der Waals surface area contributed by atoms with Crippen molar-refractivity contribution in [3.63, 3.8) is 0 Å². The van der Waals surface area contributed by atoms with Crippen molar-refractivity contribution in [2.45, 2.75) is 45.8 Å². The van der Waals surface area contributed by atoms with Crippen LogP contribution in [-0.2, 0) is 4.79 Å². The minimum absolute atomic E-state index is 0.0216. The molecule has 2 aromatic rings. The molecule has 0 fully saturated rings. The number of carbonyl (C=O) groups excluding carboxylic acids is 1. The van der Waals surface area contributed by atoms with Crippen LogP contribution in [0.5, 0.6) is 11.5 Å². The molecular weight excluding hydrogens is 326 g/mol. The number of ether oxygens (including phenoxy) is 2. The molecule has 26 heavy (non-hydrogen) atoms. The van der Waals surface area contributed by atoms with Crippen molar-refractivity contribution in [1.29, 1.82) is 0 Å². The minimum Gasteiger partial charge on any atom is -0.497 e. The second kappa shape index (κ2) is 9.85. The Balaban J connectivity index is 2.09. The van der Waals surface area contributed by atoms with E-state index in [1.165, 1.54) is 0 Å². The third kappa shape index (κ3) is 5.80. The predicted molar refractivity (Wildman–Crippen MR) is 104 cm³/mol. The molecule has 1 N–H and O–H groups in total. The SMILES string of the molecule is CC[C@@H](Oc1cccc(OC)c1)C(=O)N[C@@H](CC(C)C)c1ccccc1. The molecule has 4 nitrogen and oxygen atoms in total. The van der Waals surface area contributed by atoms with Gasteiger partial charge in [0, 0.05) is 6.07 Å². The van der Waals surface area contributed by atoms with E-state index in [2.05, 4.69) is 31.3 Å². The summed E-state index contributed by atoms with van der Waals surface area (Å²) in [6.45, 7) is 6.27. The van der Waals surface area contributed by atoms with Crippen LogP contribution in [0.1, 0.15) is 45.2 Å². The Morgan fingerprint density at radius 1 is 1.04 bits per heavy atom. The van der Waals surface area contributed by atoms with Crippen molar-refractivity contribution in [2.24, 2.45) is 5.92 Å². The summed E-state index contributed by atoms with van der Waals surface area (Å²) in [4.78, 5) is 12.8. The van der Waals surface area contributed by atoms with E-state index in [0.717, 1.165) is 12.0 Å². The molecule has 0 radical (unpaired) electrons. The molecule has 0 aliphatic carbocycles. The lowest BCUT2D eigenvalue weighted by Crippen LogP contribution is -2.40. The molecule has 0 spiro atoms. The zero-order valence-corrected chi connectivity index (χ0v) is 16.1. The van der Waals surface area contributed by atoms with Gasteiger partial charge in [0.05, 0.1) is 13.2 Å². The second-order valence-corrected chi connectivity index (χ2v) is 6.80. The van der Waals surface area contributed by atoms with Gasteiger partial charge in [-0.1, -0.05) is 57.2 Å². The predicted octanol–water partition coefficient (Wildman–Crippen LogP) is 4.76. The van der Waals surface area contributed by atoms with Crippen molar-refractivity contribution in [3.8, 4) is 11.5 Å². The van der Waals surface area contributed by atoms with Gasteiger partial charge in [-0.15, -0.1) is 0 Å². The van der Waals surface area contributed by atoms with E-state index in [1.54, 1.807) is 13.2 Å². The van der Waals surface area contributed by atoms with E-state index < -0.39 is 6.10 Å². The Kier molecular flexibility index (Phi) is 7.52. The molecule has 0 aliphatic rings. The average molecular weight is 355 g/mol. The number of rotatable bonds is 9. The van der Waals surface area contributed by atoms with Gasteiger partial charge in [0.1, 0.15) is 11.5 Å². The van der Waals surface area contributed by atoms with E-state index in [4.69, 9.17) is 9.47 Å². The van der Waals surface area contributed by atoms with Crippen LogP contribution in [0.15, 0.2) is 54.6 Å². The van der Waals surface area contributed by atoms with E-state index >= 15 is 0 Å². The maximum Gasteiger partial charge on any atom is 0.261 e. The van der Waals surface area contributed by atoms with Crippen molar-refractivity contribution in [2.75, 3.05) is 7.11 Å². The fraction of sp³-hybridized carbons (Fsp3) is 0.409. The summed E-state index contributed by atoms with van der Waals surface area (Å²) in [6, 6.07) is 17.4. The van der Waals surface area contributed by atoms with Gasteiger partial charge in [0.15, 0.2) is 6.10 Å². The molecule has 1 amide bonds. The Labute approximate surface area is 156 Å². The fourth-order valence-electron chi connectivity index (χ4n) is 2.86. The van der Waals surface area contributed by atoms with Crippen LogP contribution in [0.3, 0.4) is 0 Å². The minimum atomic E-state index is -0.541. The lowest BCUT2D eigenvalue weighted by molar-refractivity contribution is -0.129. The fourth-order valence-corrected chi connectivity index (χ4v) is 2.86. The summed E-state index contributed by atoms with van der Waals surface area (Å²) < 4.78 is 11.1. The lowest BCUT2D eigenvalue weighted by Gasteiger charge is -2.24.